The van der Waals surface area contributed by atoms with Gasteiger partial charge < -0.3 is 9.84 Å². The fourth-order valence-corrected chi connectivity index (χ4v) is 3.82. The van der Waals surface area contributed by atoms with Gasteiger partial charge in [0, 0.05) is 25.2 Å². The average molecular weight is 290 g/mol. The van der Waals surface area contributed by atoms with Gasteiger partial charge in [-0.1, -0.05) is 11.2 Å². The number of aromatic nitrogens is 2. The van der Waals surface area contributed by atoms with Crippen LogP contribution >= 0.6 is 11.3 Å². The van der Waals surface area contributed by atoms with Gasteiger partial charge in [-0.25, -0.2) is 0 Å². The molecule has 4 rings (SSSR count). The molecule has 2 saturated heterocycles. The molecule has 2 aromatic heterocycles. The Morgan fingerprint density at radius 3 is 3.20 bits per heavy atom. The molecule has 0 aromatic carbocycles. The van der Waals surface area contributed by atoms with Gasteiger partial charge >= 0.3 is 0 Å². The molecule has 2 aromatic rings. The van der Waals surface area contributed by atoms with E-state index in [4.69, 9.17) is 4.52 Å². The first-order chi connectivity index (χ1) is 9.87. The molecule has 2 aliphatic rings. The molecule has 2 fully saturated rings. The largest absolute Gasteiger partial charge is 0.338 e. The molecule has 106 valence electrons. The number of fused-ring (bicyclic) bond motifs is 2. The van der Waals surface area contributed by atoms with Gasteiger partial charge in [0.15, 0.2) is 0 Å². The maximum atomic E-state index is 5.40. The molecular weight excluding hydrogens is 272 g/mol. The van der Waals surface area contributed by atoms with Gasteiger partial charge in [-0.05, 0) is 30.7 Å². The van der Waals surface area contributed by atoms with E-state index in [9.17, 15) is 0 Å². The summed E-state index contributed by atoms with van der Waals surface area (Å²) < 4.78 is 5.40. The summed E-state index contributed by atoms with van der Waals surface area (Å²) in [6.07, 6.45) is 3.86. The zero-order valence-electron chi connectivity index (χ0n) is 11.3. The van der Waals surface area contributed by atoms with Gasteiger partial charge in [0.05, 0.1) is 11.4 Å². The molecule has 0 radical (unpaired) electrons. The van der Waals surface area contributed by atoms with Gasteiger partial charge in [-0.15, -0.1) is 11.3 Å². The molecule has 0 spiro atoms. The molecule has 2 bridgehead atoms. The number of hydrogen-bond donors (Lipinski definition) is 1. The summed E-state index contributed by atoms with van der Waals surface area (Å²) in [4.78, 5) is 8.01. The van der Waals surface area contributed by atoms with Crippen LogP contribution in [-0.4, -0.2) is 40.2 Å². The van der Waals surface area contributed by atoms with Crippen molar-refractivity contribution in [2.75, 3.05) is 13.1 Å². The first-order valence-corrected chi connectivity index (χ1v) is 8.09. The topological polar surface area (TPSA) is 54.2 Å². The van der Waals surface area contributed by atoms with Crippen LogP contribution in [-0.2, 0) is 6.54 Å². The third-order valence-electron chi connectivity index (χ3n) is 4.18. The lowest BCUT2D eigenvalue weighted by Crippen LogP contribution is -2.35. The molecule has 1 N–H and O–H groups in total. The smallest absolute Gasteiger partial charge is 0.241 e. The van der Waals surface area contributed by atoms with Crippen molar-refractivity contribution in [2.45, 2.75) is 37.9 Å². The summed E-state index contributed by atoms with van der Waals surface area (Å²) in [7, 11) is 0. The predicted octanol–water partition coefficient (Wildman–Crippen LogP) is 2.12. The van der Waals surface area contributed by atoms with E-state index in [1.807, 2.05) is 17.5 Å². The highest BCUT2D eigenvalue weighted by Gasteiger charge is 2.29. The van der Waals surface area contributed by atoms with E-state index in [0.717, 1.165) is 36.4 Å². The van der Waals surface area contributed by atoms with Crippen LogP contribution in [0.15, 0.2) is 22.0 Å². The molecular formula is C14H18N4OS. The third-order valence-corrected chi connectivity index (χ3v) is 5.04. The van der Waals surface area contributed by atoms with Gasteiger partial charge in [0.25, 0.3) is 0 Å². The van der Waals surface area contributed by atoms with Gasteiger partial charge in [0.2, 0.25) is 11.7 Å². The summed E-state index contributed by atoms with van der Waals surface area (Å²) in [5.74, 6) is 1.44. The van der Waals surface area contributed by atoms with E-state index in [1.165, 1.54) is 19.3 Å². The van der Waals surface area contributed by atoms with Crippen LogP contribution in [0.3, 0.4) is 0 Å². The molecule has 0 aliphatic carbocycles. The van der Waals surface area contributed by atoms with Crippen molar-refractivity contribution in [2.24, 2.45) is 0 Å². The van der Waals surface area contributed by atoms with Crippen molar-refractivity contribution in [3.05, 3.63) is 23.4 Å². The molecule has 2 aliphatic heterocycles. The molecule has 5 nitrogen and oxygen atoms in total. The second-order valence-electron chi connectivity index (χ2n) is 5.65. The Hall–Kier alpha value is -1.24. The predicted molar refractivity (Wildman–Crippen MR) is 77.5 cm³/mol. The lowest BCUT2D eigenvalue weighted by atomic mass is 10.1. The van der Waals surface area contributed by atoms with Crippen molar-refractivity contribution in [3.8, 4) is 10.7 Å². The molecule has 2 unspecified atom stereocenters. The standard InChI is InChI=1S/C14H18N4OS/c1-2-12(20-7-1)14-16-13(19-17-14)9-18-6-5-10-3-4-11(8-18)15-10/h1-2,7,10-11,15H,3-6,8-9H2. The maximum absolute atomic E-state index is 5.40. The monoisotopic (exact) mass is 290 g/mol. The number of likely N-dealkylation sites (tertiary alicyclic amines) is 1. The SMILES string of the molecule is c1csc(-c2noc(CN3CCC4CCC(C3)N4)n2)c1. The van der Waals surface area contributed by atoms with Crippen molar-refractivity contribution >= 4 is 11.3 Å². The third kappa shape index (κ3) is 2.51. The van der Waals surface area contributed by atoms with Gasteiger partial charge in [0.1, 0.15) is 0 Å². The highest BCUT2D eigenvalue weighted by molar-refractivity contribution is 7.13. The molecule has 6 heteroatoms. The Balaban J connectivity index is 1.44. The summed E-state index contributed by atoms with van der Waals surface area (Å²) in [5, 5.41) is 9.80. The van der Waals surface area contributed by atoms with Crippen LogP contribution in [0.25, 0.3) is 10.7 Å². The number of nitrogens with one attached hydrogen (secondary N) is 1. The number of nitrogens with zero attached hydrogens (tertiary/aromatic N) is 3. The second kappa shape index (κ2) is 5.27. The Bertz CT molecular complexity index is 568. The summed E-state index contributed by atoms with van der Waals surface area (Å²) in [6.45, 7) is 2.97. The summed E-state index contributed by atoms with van der Waals surface area (Å²) in [6, 6.07) is 5.39. The van der Waals surface area contributed by atoms with Gasteiger partial charge in [-0.2, -0.15) is 4.98 Å². The summed E-state index contributed by atoms with van der Waals surface area (Å²) >= 11 is 1.64. The highest BCUT2D eigenvalue weighted by atomic mass is 32.1. The van der Waals surface area contributed by atoms with Crippen LogP contribution in [0, 0.1) is 0 Å². The lowest BCUT2D eigenvalue weighted by Gasteiger charge is -2.21. The maximum Gasteiger partial charge on any atom is 0.241 e. The molecule has 20 heavy (non-hydrogen) atoms. The number of rotatable bonds is 3. The Kier molecular flexibility index (Phi) is 3.29. The van der Waals surface area contributed by atoms with E-state index in [1.54, 1.807) is 11.3 Å². The lowest BCUT2D eigenvalue weighted by molar-refractivity contribution is 0.216. The average Bonchev–Trinajstić information content (AvgIpc) is 3.13. The van der Waals surface area contributed by atoms with E-state index in [-0.39, 0.29) is 0 Å². The minimum atomic E-state index is 0.641. The van der Waals surface area contributed by atoms with E-state index >= 15 is 0 Å². The fourth-order valence-electron chi connectivity index (χ4n) is 3.18. The fraction of sp³-hybridized carbons (Fsp3) is 0.571. The van der Waals surface area contributed by atoms with Crippen molar-refractivity contribution in [1.82, 2.24) is 20.4 Å². The number of thiophene rings is 1. The van der Waals surface area contributed by atoms with E-state index in [0.29, 0.717) is 11.9 Å². The quantitative estimate of drug-likeness (QED) is 0.938. The van der Waals surface area contributed by atoms with Crippen LogP contribution in [0.4, 0.5) is 0 Å². The first-order valence-electron chi connectivity index (χ1n) is 7.22. The normalized spacial score (nSPS) is 26.8. The zero-order chi connectivity index (χ0) is 13.4. The minimum absolute atomic E-state index is 0.641. The molecule has 0 amide bonds. The van der Waals surface area contributed by atoms with Crippen LogP contribution < -0.4 is 5.32 Å². The second-order valence-corrected chi connectivity index (χ2v) is 6.60. The van der Waals surface area contributed by atoms with Crippen LogP contribution in [0.1, 0.15) is 25.2 Å². The van der Waals surface area contributed by atoms with E-state index in [2.05, 4.69) is 20.4 Å². The highest BCUT2D eigenvalue weighted by Crippen LogP contribution is 2.23. The molecule has 4 heterocycles. The Labute approximate surface area is 122 Å². The molecule has 2 atom stereocenters. The van der Waals surface area contributed by atoms with Gasteiger partial charge in [-0.3, -0.25) is 4.90 Å². The van der Waals surface area contributed by atoms with Crippen LogP contribution in [0.2, 0.25) is 0 Å². The minimum Gasteiger partial charge on any atom is -0.338 e. The Morgan fingerprint density at radius 1 is 1.35 bits per heavy atom. The number of hydrogen-bond acceptors (Lipinski definition) is 6. The van der Waals surface area contributed by atoms with Crippen LogP contribution in [0.5, 0.6) is 0 Å². The van der Waals surface area contributed by atoms with Crippen molar-refractivity contribution in [1.29, 1.82) is 0 Å². The first kappa shape index (κ1) is 12.5. The molecule has 0 saturated carbocycles. The Morgan fingerprint density at radius 2 is 2.30 bits per heavy atom. The van der Waals surface area contributed by atoms with E-state index < -0.39 is 0 Å². The zero-order valence-corrected chi connectivity index (χ0v) is 12.1. The van der Waals surface area contributed by atoms with Crippen molar-refractivity contribution in [3.63, 3.8) is 0 Å². The van der Waals surface area contributed by atoms with Crippen molar-refractivity contribution < 1.29 is 4.52 Å². The summed E-state index contributed by atoms with van der Waals surface area (Å²) in [5.41, 5.74) is 0.